The summed E-state index contributed by atoms with van der Waals surface area (Å²) >= 11 is 0. The molecule has 8 heteroatoms. The third-order valence-corrected chi connectivity index (χ3v) is 2.71. The van der Waals surface area contributed by atoms with Crippen LogP contribution >= 0.6 is 0 Å². The van der Waals surface area contributed by atoms with Crippen molar-refractivity contribution in [3.8, 4) is 0 Å². The Morgan fingerprint density at radius 1 is 1.23 bits per heavy atom. The number of aromatic nitrogens is 2. The zero-order valence-corrected chi connectivity index (χ0v) is 12.1. The van der Waals surface area contributed by atoms with Crippen LogP contribution in [0.3, 0.4) is 0 Å². The van der Waals surface area contributed by atoms with Gasteiger partial charge in [0, 0.05) is 32.0 Å². The highest BCUT2D eigenvalue weighted by Crippen LogP contribution is 2.12. The molecule has 0 atom stereocenters. The molecule has 2 aromatic rings. The second-order valence-electron chi connectivity index (χ2n) is 4.68. The first-order valence-electron chi connectivity index (χ1n) is 6.45. The number of nitrogens with one attached hydrogen (secondary N) is 2. The Hall–Kier alpha value is -2.77. The molecule has 6 nitrogen and oxygen atoms in total. The van der Waals surface area contributed by atoms with Gasteiger partial charge in [0.1, 0.15) is 0 Å². The van der Waals surface area contributed by atoms with Gasteiger partial charge in [-0.15, -0.1) is 0 Å². The summed E-state index contributed by atoms with van der Waals surface area (Å²) in [6.07, 6.45) is 1.59. The van der Waals surface area contributed by atoms with Gasteiger partial charge in [0.2, 0.25) is 5.95 Å². The van der Waals surface area contributed by atoms with Crippen molar-refractivity contribution in [2.75, 3.05) is 24.3 Å². The van der Waals surface area contributed by atoms with E-state index in [1.54, 1.807) is 17.2 Å². The maximum atomic E-state index is 13.0. The molecule has 1 aromatic heterocycles. The fourth-order valence-corrected chi connectivity index (χ4v) is 1.62. The number of carbonyl (C=O) groups excluding carboxylic acids is 1. The summed E-state index contributed by atoms with van der Waals surface area (Å²) in [7, 11) is 3.62. The third kappa shape index (κ3) is 4.11. The van der Waals surface area contributed by atoms with Crippen LogP contribution in [0, 0.1) is 11.6 Å². The molecule has 0 radical (unpaired) electrons. The van der Waals surface area contributed by atoms with Crippen molar-refractivity contribution >= 4 is 17.7 Å². The molecule has 0 bridgehead atoms. The van der Waals surface area contributed by atoms with E-state index in [0.29, 0.717) is 11.6 Å². The molecule has 22 heavy (non-hydrogen) atoms. The quantitative estimate of drug-likeness (QED) is 0.908. The summed E-state index contributed by atoms with van der Waals surface area (Å²) in [6.45, 7) is 0.179. The number of hydrogen-bond acceptors (Lipinski definition) is 4. The van der Waals surface area contributed by atoms with Crippen molar-refractivity contribution in [3.63, 3.8) is 0 Å². The molecular formula is C14H15F2N5O. The predicted octanol–water partition coefficient (Wildman–Crippen LogP) is 2.14. The van der Waals surface area contributed by atoms with Crippen LogP contribution in [0.1, 0.15) is 5.69 Å². The molecule has 2 N–H and O–H groups in total. The van der Waals surface area contributed by atoms with Crippen LogP contribution in [-0.4, -0.2) is 30.1 Å². The topological polar surface area (TPSA) is 70.2 Å². The molecule has 2 amide bonds. The van der Waals surface area contributed by atoms with Gasteiger partial charge in [-0.25, -0.2) is 23.5 Å². The van der Waals surface area contributed by atoms with Gasteiger partial charge in [0.25, 0.3) is 0 Å². The number of nitrogens with zero attached hydrogens (tertiary/aromatic N) is 3. The van der Waals surface area contributed by atoms with Gasteiger partial charge >= 0.3 is 6.03 Å². The van der Waals surface area contributed by atoms with E-state index in [1.165, 1.54) is 6.07 Å². The van der Waals surface area contributed by atoms with Crippen LogP contribution in [0.25, 0.3) is 0 Å². The average Bonchev–Trinajstić information content (AvgIpc) is 2.49. The van der Waals surface area contributed by atoms with Crippen molar-refractivity contribution in [1.82, 2.24) is 15.3 Å². The Balaban J connectivity index is 1.92. The van der Waals surface area contributed by atoms with Gasteiger partial charge in [0.05, 0.1) is 12.2 Å². The highest BCUT2D eigenvalue weighted by atomic mass is 19.2. The van der Waals surface area contributed by atoms with Crippen LogP contribution in [0.4, 0.5) is 25.2 Å². The fraction of sp³-hybridized carbons (Fsp3) is 0.214. The number of rotatable bonds is 4. The Morgan fingerprint density at radius 2 is 2.00 bits per heavy atom. The molecule has 0 saturated heterocycles. The summed E-state index contributed by atoms with van der Waals surface area (Å²) < 4.78 is 25.8. The molecular weight excluding hydrogens is 292 g/mol. The SMILES string of the molecule is CN(C)c1nccc(CNC(=O)Nc2ccc(F)c(F)c2)n1. The van der Waals surface area contributed by atoms with Crippen LogP contribution in [0.5, 0.6) is 0 Å². The molecule has 2 rings (SSSR count). The Kier molecular flexibility index (Phi) is 4.82. The minimum atomic E-state index is -1.02. The third-order valence-electron chi connectivity index (χ3n) is 2.71. The van der Waals surface area contributed by atoms with Crippen molar-refractivity contribution < 1.29 is 13.6 Å². The number of hydrogen-bond donors (Lipinski definition) is 2. The number of benzene rings is 1. The lowest BCUT2D eigenvalue weighted by Gasteiger charge is -2.11. The predicted molar refractivity (Wildman–Crippen MR) is 78.6 cm³/mol. The first-order chi connectivity index (χ1) is 10.5. The van der Waals surface area contributed by atoms with Crippen molar-refractivity contribution in [1.29, 1.82) is 0 Å². The zero-order chi connectivity index (χ0) is 16.1. The highest BCUT2D eigenvalue weighted by Gasteiger charge is 2.07. The molecule has 0 aliphatic carbocycles. The second kappa shape index (κ2) is 6.79. The second-order valence-corrected chi connectivity index (χ2v) is 4.68. The van der Waals surface area contributed by atoms with Crippen molar-refractivity contribution in [2.45, 2.75) is 6.54 Å². The largest absolute Gasteiger partial charge is 0.347 e. The van der Waals surface area contributed by atoms with Gasteiger partial charge < -0.3 is 15.5 Å². The van der Waals surface area contributed by atoms with E-state index < -0.39 is 17.7 Å². The lowest BCUT2D eigenvalue weighted by Crippen LogP contribution is -2.28. The van der Waals surface area contributed by atoms with Crippen LogP contribution in [0.15, 0.2) is 30.5 Å². The van der Waals surface area contributed by atoms with Crippen molar-refractivity contribution in [2.24, 2.45) is 0 Å². The highest BCUT2D eigenvalue weighted by molar-refractivity contribution is 5.89. The normalized spacial score (nSPS) is 10.2. The fourth-order valence-electron chi connectivity index (χ4n) is 1.62. The summed E-state index contributed by atoms with van der Waals surface area (Å²) in [5.74, 6) is -1.47. The molecule has 1 aromatic carbocycles. The number of anilines is 2. The van der Waals surface area contributed by atoms with Crippen LogP contribution < -0.4 is 15.5 Å². The lowest BCUT2D eigenvalue weighted by molar-refractivity contribution is 0.251. The number of urea groups is 1. The van der Waals surface area contributed by atoms with E-state index in [0.717, 1.165) is 12.1 Å². The van der Waals surface area contributed by atoms with E-state index in [2.05, 4.69) is 20.6 Å². The Bertz CT molecular complexity index is 678. The van der Waals surface area contributed by atoms with E-state index in [9.17, 15) is 13.6 Å². The van der Waals surface area contributed by atoms with Crippen LogP contribution in [0.2, 0.25) is 0 Å². The van der Waals surface area contributed by atoms with Crippen LogP contribution in [-0.2, 0) is 6.54 Å². The van der Waals surface area contributed by atoms with Gasteiger partial charge in [0.15, 0.2) is 11.6 Å². The lowest BCUT2D eigenvalue weighted by atomic mass is 10.3. The van der Waals surface area contributed by atoms with Crippen molar-refractivity contribution in [3.05, 3.63) is 47.8 Å². The molecule has 1 heterocycles. The number of amides is 2. The maximum absolute atomic E-state index is 13.0. The summed E-state index contributed by atoms with van der Waals surface area (Å²) in [4.78, 5) is 21.8. The van der Waals surface area contributed by atoms with Gasteiger partial charge in [-0.3, -0.25) is 0 Å². The number of carbonyl (C=O) groups is 1. The summed E-state index contributed by atoms with van der Waals surface area (Å²) in [6, 6.07) is 4.25. The molecule has 0 aliphatic rings. The Morgan fingerprint density at radius 3 is 2.68 bits per heavy atom. The average molecular weight is 307 g/mol. The molecule has 0 unspecified atom stereocenters. The van der Waals surface area contributed by atoms with E-state index in [1.807, 2.05) is 14.1 Å². The van der Waals surface area contributed by atoms with E-state index in [-0.39, 0.29) is 12.2 Å². The maximum Gasteiger partial charge on any atom is 0.319 e. The first-order valence-corrected chi connectivity index (χ1v) is 6.45. The molecule has 116 valence electrons. The molecule has 0 aliphatic heterocycles. The minimum Gasteiger partial charge on any atom is -0.347 e. The monoisotopic (exact) mass is 307 g/mol. The van der Waals surface area contributed by atoms with E-state index in [4.69, 9.17) is 0 Å². The minimum absolute atomic E-state index is 0.160. The molecule has 0 saturated carbocycles. The van der Waals surface area contributed by atoms with Gasteiger partial charge in [-0.1, -0.05) is 0 Å². The first kappa shape index (κ1) is 15.6. The summed E-state index contributed by atoms with van der Waals surface area (Å²) in [5.41, 5.74) is 0.784. The molecule has 0 fully saturated rings. The zero-order valence-electron chi connectivity index (χ0n) is 12.1. The van der Waals surface area contributed by atoms with E-state index >= 15 is 0 Å². The Labute approximate surface area is 126 Å². The van der Waals surface area contributed by atoms with Gasteiger partial charge in [-0.2, -0.15) is 0 Å². The smallest absolute Gasteiger partial charge is 0.319 e. The standard InChI is InChI=1S/C14H15F2N5O/c1-21(2)13-17-6-5-10(19-13)8-18-14(22)20-9-3-4-11(15)12(16)7-9/h3-7H,8H2,1-2H3,(H2,18,20,22). The summed E-state index contributed by atoms with van der Waals surface area (Å²) in [5, 5.41) is 4.98. The molecule has 0 spiro atoms. The van der Waals surface area contributed by atoms with Gasteiger partial charge in [-0.05, 0) is 18.2 Å². The number of halogens is 2.